The van der Waals surface area contributed by atoms with E-state index in [1.54, 1.807) is 0 Å². The summed E-state index contributed by atoms with van der Waals surface area (Å²) < 4.78 is 5.47. The molecule has 0 saturated carbocycles. The zero-order valence-electron chi connectivity index (χ0n) is 6.98. The van der Waals surface area contributed by atoms with Crippen LogP contribution < -0.4 is 4.74 Å². The van der Waals surface area contributed by atoms with Gasteiger partial charge in [0, 0.05) is 6.42 Å². The van der Waals surface area contributed by atoms with E-state index < -0.39 is 0 Å². The summed E-state index contributed by atoms with van der Waals surface area (Å²) in [4.78, 5) is 0. The quantitative estimate of drug-likeness (QED) is 0.548. The molecule has 1 aliphatic rings. The lowest BCUT2D eigenvalue weighted by Gasteiger charge is -2.20. The van der Waals surface area contributed by atoms with Crippen LogP contribution in [-0.2, 0) is 6.42 Å². The Bertz CT molecular complexity index is 289. The van der Waals surface area contributed by atoms with Crippen LogP contribution in [0.1, 0.15) is 16.7 Å². The van der Waals surface area contributed by atoms with Gasteiger partial charge >= 0.3 is 0 Å². The first-order valence-corrected chi connectivity index (χ1v) is 4.01. The standard InChI is InChI=1S/C10H12O/c1-7-3-4-10-8(2)9(7)5-6-11-10/h3-4H,5-6H2,1-2H3. The molecule has 0 unspecified atom stereocenters. The molecule has 0 amide bonds. The van der Waals surface area contributed by atoms with Crippen molar-refractivity contribution in [2.75, 3.05) is 6.61 Å². The van der Waals surface area contributed by atoms with Crippen molar-refractivity contribution in [3.63, 3.8) is 0 Å². The summed E-state index contributed by atoms with van der Waals surface area (Å²) in [6.45, 7) is 5.15. The van der Waals surface area contributed by atoms with Crippen LogP contribution in [-0.4, -0.2) is 6.61 Å². The zero-order valence-corrected chi connectivity index (χ0v) is 6.98. The van der Waals surface area contributed by atoms with Gasteiger partial charge in [-0.3, -0.25) is 0 Å². The molecule has 0 saturated heterocycles. The molecule has 1 heterocycles. The topological polar surface area (TPSA) is 9.23 Å². The van der Waals surface area contributed by atoms with Crippen LogP contribution in [0.2, 0.25) is 0 Å². The first kappa shape index (κ1) is 6.71. The fourth-order valence-corrected chi connectivity index (χ4v) is 1.67. The smallest absolute Gasteiger partial charge is 0.122 e. The molecule has 1 nitrogen and oxygen atoms in total. The minimum absolute atomic E-state index is 0.851. The third kappa shape index (κ3) is 0.917. The van der Waals surface area contributed by atoms with Gasteiger partial charge in [0.1, 0.15) is 5.75 Å². The number of hydrogen-bond acceptors (Lipinski definition) is 1. The minimum atomic E-state index is 0.851. The third-order valence-corrected chi connectivity index (χ3v) is 2.39. The average Bonchev–Trinajstić information content (AvgIpc) is 1.98. The Morgan fingerprint density at radius 2 is 2.09 bits per heavy atom. The summed E-state index contributed by atoms with van der Waals surface area (Å²) in [5, 5.41) is 0. The molecule has 0 aliphatic carbocycles. The highest BCUT2D eigenvalue weighted by Crippen LogP contribution is 2.28. The summed E-state index contributed by atoms with van der Waals surface area (Å²) in [6.07, 6.45) is 1.07. The lowest BCUT2D eigenvalue weighted by Crippen LogP contribution is -2.11. The summed E-state index contributed by atoms with van der Waals surface area (Å²) in [5.41, 5.74) is 4.21. The molecule has 0 N–H and O–H groups in total. The first-order valence-electron chi connectivity index (χ1n) is 4.01. The Morgan fingerprint density at radius 3 is 2.82 bits per heavy atom. The SMILES string of the molecule is Cc1ccc2c(C)c1CCO2. The number of fused-ring (bicyclic) bond motifs is 2. The highest BCUT2D eigenvalue weighted by Gasteiger charge is 2.12. The van der Waals surface area contributed by atoms with E-state index in [1.807, 2.05) is 0 Å². The minimum Gasteiger partial charge on any atom is -0.493 e. The van der Waals surface area contributed by atoms with E-state index >= 15 is 0 Å². The van der Waals surface area contributed by atoms with Gasteiger partial charge in [-0.05, 0) is 36.6 Å². The Kier molecular flexibility index (Phi) is 1.38. The van der Waals surface area contributed by atoms with E-state index in [4.69, 9.17) is 4.74 Å². The Hall–Kier alpha value is -0.980. The van der Waals surface area contributed by atoms with E-state index in [9.17, 15) is 0 Å². The van der Waals surface area contributed by atoms with Gasteiger partial charge in [0.15, 0.2) is 0 Å². The maximum atomic E-state index is 5.47. The van der Waals surface area contributed by atoms with Crippen molar-refractivity contribution in [2.45, 2.75) is 20.3 Å². The van der Waals surface area contributed by atoms with Gasteiger partial charge in [-0.2, -0.15) is 0 Å². The first-order chi connectivity index (χ1) is 5.29. The van der Waals surface area contributed by atoms with Crippen LogP contribution in [0.15, 0.2) is 12.1 Å². The second-order valence-corrected chi connectivity index (χ2v) is 3.08. The van der Waals surface area contributed by atoms with E-state index in [2.05, 4.69) is 26.0 Å². The second-order valence-electron chi connectivity index (χ2n) is 3.08. The highest BCUT2D eigenvalue weighted by atomic mass is 16.5. The fourth-order valence-electron chi connectivity index (χ4n) is 1.67. The van der Waals surface area contributed by atoms with Crippen LogP contribution >= 0.6 is 0 Å². The van der Waals surface area contributed by atoms with Crippen molar-refractivity contribution < 1.29 is 4.74 Å². The normalized spacial score (nSPS) is 14.4. The lowest BCUT2D eigenvalue weighted by molar-refractivity contribution is 0.306. The predicted molar refractivity (Wildman–Crippen MR) is 45.1 cm³/mol. The van der Waals surface area contributed by atoms with Crippen molar-refractivity contribution in [1.82, 2.24) is 0 Å². The van der Waals surface area contributed by atoms with Crippen molar-refractivity contribution in [3.8, 4) is 5.75 Å². The van der Waals surface area contributed by atoms with Gasteiger partial charge in [0.2, 0.25) is 0 Å². The second kappa shape index (κ2) is 2.26. The molecule has 1 aromatic carbocycles. The number of rotatable bonds is 0. The number of hydrogen-bond donors (Lipinski definition) is 0. The van der Waals surface area contributed by atoms with Gasteiger partial charge in [-0.25, -0.2) is 0 Å². The number of benzene rings is 1. The highest BCUT2D eigenvalue weighted by molar-refractivity contribution is 5.45. The van der Waals surface area contributed by atoms with Gasteiger partial charge in [-0.1, -0.05) is 6.07 Å². The van der Waals surface area contributed by atoms with E-state index in [0.717, 1.165) is 18.8 Å². The molecule has 0 fully saturated rings. The van der Waals surface area contributed by atoms with Crippen LogP contribution in [0.3, 0.4) is 0 Å². The molecule has 0 spiro atoms. The molecule has 58 valence electrons. The van der Waals surface area contributed by atoms with Gasteiger partial charge in [0.05, 0.1) is 6.61 Å². The molecule has 0 atom stereocenters. The lowest BCUT2D eigenvalue weighted by atomic mass is 9.98. The fraction of sp³-hybridized carbons (Fsp3) is 0.400. The Morgan fingerprint density at radius 1 is 1.27 bits per heavy atom. The maximum Gasteiger partial charge on any atom is 0.122 e. The van der Waals surface area contributed by atoms with Gasteiger partial charge in [-0.15, -0.1) is 0 Å². The summed E-state index contributed by atoms with van der Waals surface area (Å²) in [6, 6.07) is 4.20. The molecule has 0 radical (unpaired) electrons. The van der Waals surface area contributed by atoms with Crippen molar-refractivity contribution >= 4 is 0 Å². The molecular weight excluding hydrogens is 136 g/mol. The van der Waals surface area contributed by atoms with Crippen LogP contribution in [0.25, 0.3) is 0 Å². The number of ether oxygens (including phenoxy) is 1. The van der Waals surface area contributed by atoms with Crippen molar-refractivity contribution in [2.24, 2.45) is 0 Å². The predicted octanol–water partition coefficient (Wildman–Crippen LogP) is 2.24. The third-order valence-electron chi connectivity index (χ3n) is 2.39. The van der Waals surface area contributed by atoms with Gasteiger partial charge < -0.3 is 4.74 Å². The molecule has 0 aromatic heterocycles. The van der Waals surface area contributed by atoms with E-state index in [0.29, 0.717) is 0 Å². The average molecular weight is 148 g/mol. The molecule has 2 bridgehead atoms. The number of aryl methyl sites for hydroxylation is 1. The van der Waals surface area contributed by atoms with Crippen LogP contribution in [0.5, 0.6) is 5.75 Å². The van der Waals surface area contributed by atoms with Crippen molar-refractivity contribution in [3.05, 3.63) is 28.8 Å². The molecule has 1 heteroatoms. The van der Waals surface area contributed by atoms with Gasteiger partial charge in [0.25, 0.3) is 0 Å². The van der Waals surface area contributed by atoms with Crippen LogP contribution in [0.4, 0.5) is 0 Å². The molecule has 1 aromatic rings. The molecule has 2 rings (SSSR count). The monoisotopic (exact) mass is 148 g/mol. The van der Waals surface area contributed by atoms with Crippen LogP contribution in [0, 0.1) is 13.8 Å². The van der Waals surface area contributed by atoms with Crippen molar-refractivity contribution in [1.29, 1.82) is 0 Å². The molecule has 11 heavy (non-hydrogen) atoms. The molecule has 1 aliphatic heterocycles. The Labute approximate surface area is 67.0 Å². The largest absolute Gasteiger partial charge is 0.493 e. The maximum absolute atomic E-state index is 5.47. The van der Waals surface area contributed by atoms with E-state index in [-0.39, 0.29) is 0 Å². The zero-order chi connectivity index (χ0) is 7.84. The molecular formula is C10H12O. The van der Waals surface area contributed by atoms with E-state index in [1.165, 1.54) is 16.7 Å². The Balaban J connectivity index is 2.66. The summed E-state index contributed by atoms with van der Waals surface area (Å²) in [7, 11) is 0. The summed E-state index contributed by atoms with van der Waals surface area (Å²) in [5.74, 6) is 1.07. The summed E-state index contributed by atoms with van der Waals surface area (Å²) >= 11 is 0.